The number of nitrogens with zero attached hydrogens (tertiary/aromatic N) is 2. The van der Waals surface area contributed by atoms with E-state index in [1.165, 1.54) is 0 Å². The summed E-state index contributed by atoms with van der Waals surface area (Å²) in [5.74, 6) is 1.61. The lowest BCUT2D eigenvalue weighted by molar-refractivity contribution is 0.171. The first-order valence-corrected chi connectivity index (χ1v) is 7.72. The number of hydrogen-bond donors (Lipinski definition) is 0. The molecular formula is C19H18N2O2. The number of aromatic nitrogens is 1. The van der Waals surface area contributed by atoms with Crippen LogP contribution in [0.5, 0.6) is 11.5 Å². The van der Waals surface area contributed by atoms with Gasteiger partial charge in [-0.05, 0) is 31.2 Å². The molecule has 0 fully saturated rings. The van der Waals surface area contributed by atoms with E-state index < -0.39 is 0 Å². The zero-order valence-electron chi connectivity index (χ0n) is 13.2. The van der Waals surface area contributed by atoms with Crippen molar-refractivity contribution in [1.29, 1.82) is 0 Å². The molecule has 2 aromatic carbocycles. The summed E-state index contributed by atoms with van der Waals surface area (Å²) < 4.78 is 11.3. The number of fused-ring (bicyclic) bond motifs is 2. The van der Waals surface area contributed by atoms with Gasteiger partial charge in [-0.1, -0.05) is 18.2 Å². The number of ether oxygens (including phenoxy) is 2. The van der Waals surface area contributed by atoms with Crippen molar-refractivity contribution in [3.63, 3.8) is 0 Å². The van der Waals surface area contributed by atoms with Crippen LogP contribution in [0.25, 0.3) is 10.9 Å². The van der Waals surface area contributed by atoms with Crippen molar-refractivity contribution in [2.75, 3.05) is 25.2 Å². The lowest BCUT2D eigenvalue weighted by atomic mass is 10.1. The van der Waals surface area contributed by atoms with Gasteiger partial charge < -0.3 is 14.4 Å². The standard InChI is InChI=1S/C19H18N2O2/c1-13-11-17(15-5-3-4-6-16(15)20-13)21(2)14-7-8-18-19(12-14)23-10-9-22-18/h3-8,11-12H,9-10H2,1-2H3. The molecule has 0 bridgehead atoms. The Balaban J connectivity index is 1.81. The van der Waals surface area contributed by atoms with Gasteiger partial charge >= 0.3 is 0 Å². The minimum absolute atomic E-state index is 0.595. The topological polar surface area (TPSA) is 34.6 Å². The van der Waals surface area contributed by atoms with E-state index in [4.69, 9.17) is 9.47 Å². The Hall–Kier alpha value is -2.75. The van der Waals surface area contributed by atoms with Gasteiger partial charge in [-0.25, -0.2) is 0 Å². The quantitative estimate of drug-likeness (QED) is 0.714. The number of benzene rings is 2. The number of rotatable bonds is 2. The van der Waals surface area contributed by atoms with Gasteiger partial charge in [0.2, 0.25) is 0 Å². The summed E-state index contributed by atoms with van der Waals surface area (Å²) in [7, 11) is 2.06. The van der Waals surface area contributed by atoms with Gasteiger partial charge in [0.15, 0.2) is 11.5 Å². The number of para-hydroxylation sites is 1. The van der Waals surface area contributed by atoms with E-state index in [9.17, 15) is 0 Å². The smallest absolute Gasteiger partial charge is 0.163 e. The third-order valence-corrected chi connectivity index (χ3v) is 4.10. The average Bonchev–Trinajstić information content (AvgIpc) is 2.60. The molecule has 1 aliphatic rings. The maximum Gasteiger partial charge on any atom is 0.163 e. The highest BCUT2D eigenvalue weighted by atomic mass is 16.6. The van der Waals surface area contributed by atoms with E-state index in [1.54, 1.807) is 0 Å². The summed E-state index contributed by atoms with van der Waals surface area (Å²) >= 11 is 0. The molecule has 0 radical (unpaired) electrons. The minimum atomic E-state index is 0.595. The molecule has 1 aromatic heterocycles. The third kappa shape index (κ3) is 2.46. The van der Waals surface area contributed by atoms with Gasteiger partial charge in [0, 0.05) is 29.9 Å². The molecule has 3 aromatic rings. The average molecular weight is 306 g/mol. The van der Waals surface area contributed by atoms with E-state index in [-0.39, 0.29) is 0 Å². The second kappa shape index (κ2) is 5.47. The molecular weight excluding hydrogens is 288 g/mol. The molecule has 0 atom stereocenters. The lowest BCUT2D eigenvalue weighted by Gasteiger charge is -2.24. The van der Waals surface area contributed by atoms with Crippen LogP contribution < -0.4 is 14.4 Å². The Morgan fingerprint density at radius 1 is 0.957 bits per heavy atom. The van der Waals surface area contributed by atoms with Crippen LogP contribution in [0.15, 0.2) is 48.5 Å². The van der Waals surface area contributed by atoms with Crippen LogP contribution in [-0.2, 0) is 0 Å². The fourth-order valence-electron chi connectivity index (χ4n) is 2.94. The monoisotopic (exact) mass is 306 g/mol. The van der Waals surface area contributed by atoms with E-state index in [1.807, 2.05) is 37.3 Å². The van der Waals surface area contributed by atoms with Crippen LogP contribution in [0.3, 0.4) is 0 Å². The predicted molar refractivity (Wildman–Crippen MR) is 92.0 cm³/mol. The number of hydrogen-bond acceptors (Lipinski definition) is 4. The maximum atomic E-state index is 5.70. The first-order valence-electron chi connectivity index (χ1n) is 7.72. The molecule has 4 nitrogen and oxygen atoms in total. The fraction of sp³-hybridized carbons (Fsp3) is 0.211. The lowest BCUT2D eigenvalue weighted by Crippen LogP contribution is -2.16. The van der Waals surface area contributed by atoms with Crippen molar-refractivity contribution < 1.29 is 9.47 Å². The van der Waals surface area contributed by atoms with Gasteiger partial charge in [-0.15, -0.1) is 0 Å². The zero-order chi connectivity index (χ0) is 15.8. The Morgan fingerprint density at radius 2 is 1.74 bits per heavy atom. The molecule has 0 amide bonds. The van der Waals surface area contributed by atoms with Crippen LogP contribution in [0, 0.1) is 6.92 Å². The second-order valence-electron chi connectivity index (χ2n) is 5.69. The summed E-state index contributed by atoms with van der Waals surface area (Å²) in [4.78, 5) is 6.77. The van der Waals surface area contributed by atoms with Crippen LogP contribution in [0.4, 0.5) is 11.4 Å². The second-order valence-corrected chi connectivity index (χ2v) is 5.69. The first-order chi connectivity index (χ1) is 11.2. The number of anilines is 2. The summed E-state index contributed by atoms with van der Waals surface area (Å²) in [6, 6.07) is 16.4. The summed E-state index contributed by atoms with van der Waals surface area (Å²) in [5.41, 5.74) is 4.20. The Morgan fingerprint density at radius 3 is 2.61 bits per heavy atom. The predicted octanol–water partition coefficient (Wildman–Crippen LogP) is 4.08. The first kappa shape index (κ1) is 13.9. The maximum absolute atomic E-state index is 5.70. The van der Waals surface area contributed by atoms with Gasteiger partial charge in [-0.3, -0.25) is 4.98 Å². The summed E-state index contributed by atoms with van der Waals surface area (Å²) in [6.07, 6.45) is 0. The van der Waals surface area contributed by atoms with Crippen molar-refractivity contribution >= 4 is 22.3 Å². The van der Waals surface area contributed by atoms with Gasteiger partial charge in [0.25, 0.3) is 0 Å². The molecule has 0 saturated carbocycles. The molecule has 0 aliphatic carbocycles. The van der Waals surface area contributed by atoms with Gasteiger partial charge in [0.1, 0.15) is 13.2 Å². The molecule has 0 saturated heterocycles. The van der Waals surface area contributed by atoms with Crippen LogP contribution in [0.1, 0.15) is 5.69 Å². The van der Waals surface area contributed by atoms with Crippen molar-refractivity contribution in [3.8, 4) is 11.5 Å². The summed E-state index contributed by atoms with van der Waals surface area (Å²) in [5, 5.41) is 1.13. The fourth-order valence-corrected chi connectivity index (χ4v) is 2.94. The molecule has 0 N–H and O–H groups in total. The van der Waals surface area contributed by atoms with E-state index in [0.29, 0.717) is 13.2 Å². The van der Waals surface area contributed by atoms with E-state index in [2.05, 4.69) is 35.1 Å². The molecule has 0 unspecified atom stereocenters. The zero-order valence-corrected chi connectivity index (χ0v) is 13.2. The molecule has 116 valence electrons. The third-order valence-electron chi connectivity index (χ3n) is 4.10. The highest BCUT2D eigenvalue weighted by Gasteiger charge is 2.15. The van der Waals surface area contributed by atoms with Crippen LogP contribution >= 0.6 is 0 Å². The SMILES string of the molecule is Cc1cc(N(C)c2ccc3c(c2)OCCO3)c2ccccc2n1. The van der Waals surface area contributed by atoms with E-state index >= 15 is 0 Å². The van der Waals surface area contributed by atoms with Gasteiger partial charge in [0.05, 0.1) is 11.2 Å². The number of aryl methyl sites for hydroxylation is 1. The van der Waals surface area contributed by atoms with Crippen LogP contribution in [-0.4, -0.2) is 25.2 Å². The van der Waals surface area contributed by atoms with Gasteiger partial charge in [-0.2, -0.15) is 0 Å². The Kier molecular flexibility index (Phi) is 3.30. The minimum Gasteiger partial charge on any atom is -0.486 e. The molecule has 23 heavy (non-hydrogen) atoms. The van der Waals surface area contributed by atoms with Crippen LogP contribution in [0.2, 0.25) is 0 Å². The molecule has 4 rings (SSSR count). The van der Waals surface area contributed by atoms with Crippen molar-refractivity contribution in [2.45, 2.75) is 6.92 Å². The Labute approximate surface area is 135 Å². The van der Waals surface area contributed by atoms with Crippen molar-refractivity contribution in [2.24, 2.45) is 0 Å². The largest absolute Gasteiger partial charge is 0.486 e. The molecule has 4 heteroatoms. The molecule has 0 spiro atoms. The normalized spacial score (nSPS) is 13.1. The van der Waals surface area contributed by atoms with Crippen molar-refractivity contribution in [1.82, 2.24) is 4.98 Å². The van der Waals surface area contributed by atoms with E-state index in [0.717, 1.165) is 39.5 Å². The molecule has 2 heterocycles. The molecule has 1 aliphatic heterocycles. The highest BCUT2D eigenvalue weighted by Crippen LogP contribution is 2.37. The Bertz CT molecular complexity index is 876. The summed E-state index contributed by atoms with van der Waals surface area (Å²) in [6.45, 7) is 3.22. The number of pyridine rings is 1. The van der Waals surface area contributed by atoms with Crippen molar-refractivity contribution in [3.05, 3.63) is 54.2 Å². The highest BCUT2D eigenvalue weighted by molar-refractivity contribution is 5.94.